The van der Waals surface area contributed by atoms with Crippen LogP contribution in [0.4, 0.5) is 10.5 Å². The van der Waals surface area contributed by atoms with E-state index in [-0.39, 0.29) is 29.7 Å². The Labute approximate surface area is 203 Å². The quantitative estimate of drug-likeness (QED) is 0.630. The Morgan fingerprint density at radius 3 is 2.53 bits per heavy atom. The summed E-state index contributed by atoms with van der Waals surface area (Å²) in [6.07, 6.45) is 6.19. The Hall–Kier alpha value is -2.77. The van der Waals surface area contributed by atoms with E-state index < -0.39 is 12.1 Å². The van der Waals surface area contributed by atoms with Gasteiger partial charge in [-0.3, -0.25) is 9.59 Å². The van der Waals surface area contributed by atoms with Crippen LogP contribution < -0.4 is 15.4 Å². The smallest absolute Gasteiger partial charge is 0.319 e. The first-order valence-corrected chi connectivity index (χ1v) is 12.6. The molecule has 0 spiro atoms. The maximum absolute atomic E-state index is 13.5. The fourth-order valence-electron chi connectivity index (χ4n) is 4.96. The number of nitrogens with zero attached hydrogens (tertiary/aromatic N) is 2. The molecule has 3 rings (SSSR count). The number of piperazine rings is 1. The van der Waals surface area contributed by atoms with Crippen molar-refractivity contribution in [2.24, 2.45) is 11.8 Å². The van der Waals surface area contributed by atoms with Gasteiger partial charge in [0, 0.05) is 43.3 Å². The number of amides is 4. The van der Waals surface area contributed by atoms with E-state index in [4.69, 9.17) is 4.74 Å². The first kappa shape index (κ1) is 25.8. The van der Waals surface area contributed by atoms with E-state index in [1.54, 1.807) is 36.3 Å². The fraction of sp³-hybridized carbons (Fsp3) is 0.654. The number of urea groups is 1. The molecule has 1 aromatic rings. The molecule has 3 unspecified atom stereocenters. The molecule has 1 aliphatic carbocycles. The maximum Gasteiger partial charge on any atom is 0.319 e. The van der Waals surface area contributed by atoms with Gasteiger partial charge in [0.25, 0.3) is 0 Å². The van der Waals surface area contributed by atoms with Crippen LogP contribution in [0.3, 0.4) is 0 Å². The molecule has 0 bridgehead atoms. The highest BCUT2D eigenvalue weighted by molar-refractivity contribution is 5.94. The van der Waals surface area contributed by atoms with E-state index in [0.29, 0.717) is 31.1 Å². The third kappa shape index (κ3) is 6.42. The lowest BCUT2D eigenvalue weighted by Gasteiger charge is -2.43. The van der Waals surface area contributed by atoms with Gasteiger partial charge < -0.3 is 25.2 Å². The average Bonchev–Trinajstić information content (AvgIpc) is 2.86. The second-order valence-electron chi connectivity index (χ2n) is 9.69. The van der Waals surface area contributed by atoms with Crippen molar-refractivity contribution in [2.75, 3.05) is 32.1 Å². The van der Waals surface area contributed by atoms with Crippen molar-refractivity contribution in [2.45, 2.75) is 71.4 Å². The summed E-state index contributed by atoms with van der Waals surface area (Å²) in [4.78, 5) is 43.0. The van der Waals surface area contributed by atoms with Crippen molar-refractivity contribution >= 4 is 23.5 Å². The molecular weight excluding hydrogens is 432 g/mol. The minimum Gasteiger partial charge on any atom is -0.497 e. The minimum atomic E-state index is -0.636. The highest BCUT2D eigenvalue weighted by Crippen LogP contribution is 2.27. The molecule has 2 aliphatic rings. The lowest BCUT2D eigenvalue weighted by Crippen LogP contribution is -2.61. The summed E-state index contributed by atoms with van der Waals surface area (Å²) < 4.78 is 5.20. The van der Waals surface area contributed by atoms with Crippen LogP contribution >= 0.6 is 0 Å². The van der Waals surface area contributed by atoms with Crippen LogP contribution in [-0.2, 0) is 9.59 Å². The maximum atomic E-state index is 13.5. The van der Waals surface area contributed by atoms with E-state index >= 15 is 0 Å². The molecule has 1 heterocycles. The van der Waals surface area contributed by atoms with Crippen molar-refractivity contribution in [3.05, 3.63) is 24.3 Å². The largest absolute Gasteiger partial charge is 0.497 e. The van der Waals surface area contributed by atoms with Gasteiger partial charge in [0.1, 0.15) is 11.8 Å². The van der Waals surface area contributed by atoms with Crippen LogP contribution in [0.2, 0.25) is 0 Å². The highest BCUT2D eigenvalue weighted by atomic mass is 16.5. The van der Waals surface area contributed by atoms with E-state index in [0.717, 1.165) is 32.1 Å². The van der Waals surface area contributed by atoms with Gasteiger partial charge in [-0.2, -0.15) is 0 Å². The SMILES string of the molecule is CCC(C)C(NC(=O)Nc1cccc(OC)c1)C(=O)N1CCN(C(=O)C2CCCCC2)C(C)C1. The minimum absolute atomic E-state index is 0.0271. The van der Waals surface area contributed by atoms with Crippen LogP contribution in [-0.4, -0.2) is 66.5 Å². The van der Waals surface area contributed by atoms with Crippen LogP contribution in [0, 0.1) is 11.8 Å². The second-order valence-corrected chi connectivity index (χ2v) is 9.69. The molecule has 0 aromatic heterocycles. The Balaban J connectivity index is 1.61. The zero-order valence-electron chi connectivity index (χ0n) is 21.0. The van der Waals surface area contributed by atoms with E-state index in [9.17, 15) is 14.4 Å². The molecule has 1 aliphatic heterocycles. The lowest BCUT2D eigenvalue weighted by molar-refractivity contribution is -0.147. The molecule has 4 amide bonds. The first-order chi connectivity index (χ1) is 16.3. The molecule has 8 heteroatoms. The zero-order valence-corrected chi connectivity index (χ0v) is 21.0. The van der Waals surface area contributed by atoms with Crippen LogP contribution in [0.25, 0.3) is 0 Å². The Bertz CT molecular complexity index is 855. The number of carbonyl (C=O) groups excluding carboxylic acids is 3. The molecule has 2 fully saturated rings. The van der Waals surface area contributed by atoms with E-state index in [1.165, 1.54) is 6.42 Å². The third-order valence-electron chi connectivity index (χ3n) is 7.27. The molecule has 1 saturated carbocycles. The van der Waals surface area contributed by atoms with E-state index in [1.807, 2.05) is 25.7 Å². The molecular formula is C26H40N4O4. The molecule has 1 saturated heterocycles. The second kappa shape index (κ2) is 12.1. The number of rotatable bonds is 7. The molecule has 34 heavy (non-hydrogen) atoms. The van der Waals surface area contributed by atoms with Gasteiger partial charge in [0.05, 0.1) is 7.11 Å². The number of carbonyl (C=O) groups is 3. The summed E-state index contributed by atoms with van der Waals surface area (Å²) in [5.41, 5.74) is 0.593. The molecule has 2 N–H and O–H groups in total. The third-order valence-corrected chi connectivity index (χ3v) is 7.27. The summed E-state index contributed by atoms with van der Waals surface area (Å²) in [5, 5.41) is 5.69. The number of hydrogen-bond donors (Lipinski definition) is 2. The molecule has 0 radical (unpaired) electrons. The van der Waals surface area contributed by atoms with Gasteiger partial charge in [-0.25, -0.2) is 4.79 Å². The zero-order chi connectivity index (χ0) is 24.7. The van der Waals surface area contributed by atoms with Crippen molar-refractivity contribution < 1.29 is 19.1 Å². The number of methoxy groups -OCH3 is 1. The summed E-state index contributed by atoms with van der Waals surface area (Å²) in [7, 11) is 1.57. The normalized spacial score (nSPS) is 20.9. The topological polar surface area (TPSA) is 91.0 Å². The molecule has 8 nitrogen and oxygen atoms in total. The number of ether oxygens (including phenoxy) is 1. The molecule has 188 valence electrons. The number of anilines is 1. The van der Waals surface area contributed by atoms with Crippen molar-refractivity contribution in [3.8, 4) is 5.75 Å². The summed E-state index contributed by atoms with van der Waals surface area (Å²) in [6.45, 7) is 7.53. The summed E-state index contributed by atoms with van der Waals surface area (Å²) in [6, 6.07) is 6.00. The van der Waals surface area contributed by atoms with Crippen LogP contribution in [0.5, 0.6) is 5.75 Å². The van der Waals surface area contributed by atoms with Gasteiger partial charge in [-0.1, -0.05) is 45.6 Å². The van der Waals surface area contributed by atoms with E-state index in [2.05, 4.69) is 10.6 Å². The highest BCUT2D eigenvalue weighted by Gasteiger charge is 2.37. The number of nitrogens with one attached hydrogen (secondary N) is 2. The predicted molar refractivity (Wildman–Crippen MR) is 133 cm³/mol. The van der Waals surface area contributed by atoms with Crippen LogP contribution in [0.15, 0.2) is 24.3 Å². The van der Waals surface area contributed by atoms with Gasteiger partial charge in [0.15, 0.2) is 0 Å². The number of benzene rings is 1. The number of hydrogen-bond acceptors (Lipinski definition) is 4. The Kier molecular flexibility index (Phi) is 9.19. The average molecular weight is 473 g/mol. The van der Waals surface area contributed by atoms with Gasteiger partial charge in [0.2, 0.25) is 11.8 Å². The van der Waals surface area contributed by atoms with Crippen molar-refractivity contribution in [1.82, 2.24) is 15.1 Å². The summed E-state index contributed by atoms with van der Waals surface area (Å²) in [5.74, 6) is 0.899. The van der Waals surface area contributed by atoms with Crippen LogP contribution in [0.1, 0.15) is 59.3 Å². The molecule has 3 atom stereocenters. The summed E-state index contributed by atoms with van der Waals surface area (Å²) >= 11 is 0. The standard InChI is InChI=1S/C26H40N4O4/c1-5-18(2)23(28-26(33)27-21-12-9-13-22(16-21)34-4)25(32)29-14-15-30(19(3)17-29)24(31)20-10-7-6-8-11-20/h9,12-13,16,18-20,23H,5-8,10-11,14-15,17H2,1-4H3,(H2,27,28,33). The Morgan fingerprint density at radius 2 is 1.88 bits per heavy atom. The fourth-order valence-corrected chi connectivity index (χ4v) is 4.96. The lowest BCUT2D eigenvalue weighted by atomic mass is 9.87. The Morgan fingerprint density at radius 1 is 1.15 bits per heavy atom. The monoisotopic (exact) mass is 472 g/mol. The van der Waals surface area contributed by atoms with Gasteiger partial charge >= 0.3 is 6.03 Å². The van der Waals surface area contributed by atoms with Gasteiger partial charge in [-0.05, 0) is 37.8 Å². The van der Waals surface area contributed by atoms with Gasteiger partial charge in [-0.15, -0.1) is 0 Å². The van der Waals surface area contributed by atoms with Crippen molar-refractivity contribution in [3.63, 3.8) is 0 Å². The first-order valence-electron chi connectivity index (χ1n) is 12.6. The van der Waals surface area contributed by atoms with Crippen molar-refractivity contribution in [1.29, 1.82) is 0 Å². The predicted octanol–water partition coefficient (Wildman–Crippen LogP) is 3.87. The molecule has 1 aromatic carbocycles.